The van der Waals surface area contributed by atoms with E-state index in [2.05, 4.69) is 16.3 Å². The van der Waals surface area contributed by atoms with E-state index in [9.17, 15) is 10.1 Å². The van der Waals surface area contributed by atoms with Crippen molar-refractivity contribution in [1.82, 2.24) is 15.1 Å². The Morgan fingerprint density at radius 3 is 2.62 bits per heavy atom. The SMILES string of the molecule is N#C[C@@H]1CCCN1C(=O)[C@H]1N[C@@H]2C[C@H]1C[C@H]2N1CCCC1. The van der Waals surface area contributed by atoms with E-state index in [1.165, 1.54) is 32.4 Å². The number of carbonyl (C=O) groups is 1. The summed E-state index contributed by atoms with van der Waals surface area (Å²) in [7, 11) is 0. The monoisotopic (exact) mass is 288 g/mol. The highest BCUT2D eigenvalue weighted by atomic mass is 16.2. The second-order valence-electron chi connectivity index (χ2n) is 7.11. The van der Waals surface area contributed by atoms with Crippen molar-refractivity contribution in [2.45, 2.75) is 62.7 Å². The van der Waals surface area contributed by atoms with Crippen LogP contribution in [0.1, 0.15) is 38.5 Å². The van der Waals surface area contributed by atoms with Crippen LogP contribution >= 0.6 is 0 Å². The summed E-state index contributed by atoms with van der Waals surface area (Å²) in [5.41, 5.74) is 0. The molecule has 5 nitrogen and oxygen atoms in total. The van der Waals surface area contributed by atoms with Gasteiger partial charge in [-0.3, -0.25) is 9.69 Å². The van der Waals surface area contributed by atoms with Gasteiger partial charge < -0.3 is 10.2 Å². The molecule has 2 bridgehead atoms. The quantitative estimate of drug-likeness (QED) is 0.813. The van der Waals surface area contributed by atoms with Crippen molar-refractivity contribution < 1.29 is 4.79 Å². The lowest BCUT2D eigenvalue weighted by molar-refractivity contribution is -0.134. The number of amides is 1. The van der Waals surface area contributed by atoms with Gasteiger partial charge in [-0.1, -0.05) is 0 Å². The largest absolute Gasteiger partial charge is 0.325 e. The van der Waals surface area contributed by atoms with Gasteiger partial charge in [0.05, 0.1) is 12.1 Å². The maximum absolute atomic E-state index is 12.7. The predicted octanol–water partition coefficient (Wildman–Crippen LogP) is 0.716. The standard InChI is InChI=1S/C16H24N4O/c17-10-12-4-3-7-20(12)16(21)15-11-8-13(18-15)14(9-11)19-5-1-2-6-19/h11-15,18H,1-9H2/t11-,12-,13+,14+,15-/m0/s1. The Labute approximate surface area is 126 Å². The average Bonchev–Trinajstić information content (AvgIpc) is 3.28. The highest BCUT2D eigenvalue weighted by Crippen LogP contribution is 2.40. The highest BCUT2D eigenvalue weighted by molar-refractivity contribution is 5.83. The van der Waals surface area contributed by atoms with Crippen molar-refractivity contribution in [3.05, 3.63) is 0 Å². The molecule has 0 unspecified atom stereocenters. The van der Waals surface area contributed by atoms with Crippen LogP contribution in [-0.2, 0) is 4.79 Å². The number of likely N-dealkylation sites (tertiary alicyclic amines) is 2. The minimum Gasteiger partial charge on any atom is -0.325 e. The van der Waals surface area contributed by atoms with Gasteiger partial charge >= 0.3 is 0 Å². The Kier molecular flexibility index (Phi) is 3.39. The average molecular weight is 288 g/mol. The van der Waals surface area contributed by atoms with Gasteiger partial charge in [0.1, 0.15) is 6.04 Å². The topological polar surface area (TPSA) is 59.4 Å². The Balaban J connectivity index is 1.41. The maximum atomic E-state index is 12.7. The number of fused-ring (bicyclic) bond motifs is 2. The number of hydrogen-bond acceptors (Lipinski definition) is 4. The lowest BCUT2D eigenvalue weighted by atomic mass is 9.96. The van der Waals surface area contributed by atoms with Crippen LogP contribution in [0.3, 0.4) is 0 Å². The molecule has 1 saturated carbocycles. The summed E-state index contributed by atoms with van der Waals surface area (Å²) in [5, 5.41) is 12.8. The Morgan fingerprint density at radius 2 is 1.95 bits per heavy atom. The van der Waals surface area contributed by atoms with E-state index in [0.717, 1.165) is 25.8 Å². The summed E-state index contributed by atoms with van der Waals surface area (Å²) in [6.07, 6.45) is 6.78. The lowest BCUT2D eigenvalue weighted by Crippen LogP contribution is -2.56. The van der Waals surface area contributed by atoms with E-state index in [0.29, 0.717) is 18.0 Å². The van der Waals surface area contributed by atoms with Crippen LogP contribution < -0.4 is 5.32 Å². The second-order valence-corrected chi connectivity index (χ2v) is 7.11. The molecule has 4 fully saturated rings. The molecule has 4 rings (SSSR count). The van der Waals surface area contributed by atoms with Crippen molar-refractivity contribution in [1.29, 1.82) is 5.26 Å². The van der Waals surface area contributed by atoms with Crippen LogP contribution in [0.4, 0.5) is 0 Å². The predicted molar refractivity (Wildman–Crippen MR) is 78.4 cm³/mol. The van der Waals surface area contributed by atoms with Crippen molar-refractivity contribution in [3.8, 4) is 6.07 Å². The normalized spacial score (nSPS) is 42.6. The zero-order valence-electron chi connectivity index (χ0n) is 12.5. The molecule has 0 spiro atoms. The first-order valence-corrected chi connectivity index (χ1v) is 8.48. The van der Waals surface area contributed by atoms with E-state index in [4.69, 9.17) is 0 Å². The Bertz CT molecular complexity index is 467. The molecular formula is C16H24N4O. The Morgan fingerprint density at radius 1 is 1.14 bits per heavy atom. The van der Waals surface area contributed by atoms with Gasteiger partial charge in [-0.05, 0) is 57.5 Å². The molecule has 1 aliphatic carbocycles. The fraction of sp³-hybridized carbons (Fsp3) is 0.875. The number of nitrogens with zero attached hydrogens (tertiary/aromatic N) is 3. The summed E-state index contributed by atoms with van der Waals surface area (Å²) >= 11 is 0. The molecule has 1 amide bonds. The van der Waals surface area contributed by atoms with Crippen molar-refractivity contribution in [2.24, 2.45) is 5.92 Å². The van der Waals surface area contributed by atoms with Gasteiger partial charge in [-0.15, -0.1) is 0 Å². The lowest BCUT2D eigenvalue weighted by Gasteiger charge is -2.36. The summed E-state index contributed by atoms with van der Waals surface area (Å²) in [6.45, 7) is 3.23. The highest BCUT2D eigenvalue weighted by Gasteiger charge is 2.51. The number of rotatable bonds is 2. The first kappa shape index (κ1) is 13.5. The van der Waals surface area contributed by atoms with Crippen LogP contribution in [0.15, 0.2) is 0 Å². The van der Waals surface area contributed by atoms with E-state index < -0.39 is 0 Å². The van der Waals surface area contributed by atoms with Gasteiger partial charge in [-0.25, -0.2) is 0 Å². The smallest absolute Gasteiger partial charge is 0.241 e. The number of carbonyl (C=O) groups excluding carboxylic acids is 1. The van der Waals surface area contributed by atoms with Crippen molar-refractivity contribution in [3.63, 3.8) is 0 Å². The van der Waals surface area contributed by atoms with E-state index in [-0.39, 0.29) is 18.0 Å². The van der Waals surface area contributed by atoms with E-state index in [1.807, 2.05) is 4.90 Å². The molecule has 5 heteroatoms. The molecule has 21 heavy (non-hydrogen) atoms. The zero-order valence-corrected chi connectivity index (χ0v) is 12.5. The van der Waals surface area contributed by atoms with Gasteiger partial charge in [-0.2, -0.15) is 5.26 Å². The molecule has 0 aromatic rings. The van der Waals surface area contributed by atoms with Crippen molar-refractivity contribution >= 4 is 5.91 Å². The summed E-state index contributed by atoms with van der Waals surface area (Å²) in [6, 6.07) is 3.21. The molecule has 0 radical (unpaired) electrons. The molecule has 3 aliphatic heterocycles. The molecule has 0 aromatic carbocycles. The van der Waals surface area contributed by atoms with E-state index in [1.54, 1.807) is 0 Å². The van der Waals surface area contributed by atoms with Gasteiger partial charge in [0.15, 0.2) is 0 Å². The third kappa shape index (κ3) is 2.16. The maximum Gasteiger partial charge on any atom is 0.241 e. The van der Waals surface area contributed by atoms with Crippen molar-refractivity contribution in [2.75, 3.05) is 19.6 Å². The minimum absolute atomic E-state index is 0.0252. The summed E-state index contributed by atoms with van der Waals surface area (Å²) in [4.78, 5) is 17.2. The number of nitrogens with one attached hydrogen (secondary N) is 1. The molecule has 1 N–H and O–H groups in total. The second kappa shape index (κ2) is 5.26. The summed E-state index contributed by atoms with van der Waals surface area (Å²) < 4.78 is 0. The summed E-state index contributed by atoms with van der Waals surface area (Å²) in [5.74, 6) is 0.666. The third-order valence-electron chi connectivity index (χ3n) is 5.99. The van der Waals surface area contributed by atoms with Crippen LogP contribution in [0, 0.1) is 17.2 Å². The molecule has 114 valence electrons. The minimum atomic E-state index is -0.187. The fourth-order valence-corrected chi connectivity index (χ4v) is 4.96. The molecule has 3 heterocycles. The number of nitriles is 1. The first-order valence-electron chi connectivity index (χ1n) is 8.48. The molecule has 5 atom stereocenters. The molecule has 3 saturated heterocycles. The van der Waals surface area contributed by atoms with Crippen LogP contribution in [-0.4, -0.2) is 59.5 Å². The van der Waals surface area contributed by atoms with Gasteiger partial charge in [0.25, 0.3) is 0 Å². The number of piperidine rings is 1. The fourth-order valence-electron chi connectivity index (χ4n) is 4.96. The molecule has 4 aliphatic rings. The molecule has 0 aromatic heterocycles. The first-order chi connectivity index (χ1) is 10.3. The molecular weight excluding hydrogens is 264 g/mol. The van der Waals surface area contributed by atoms with Gasteiger partial charge in [0.2, 0.25) is 5.91 Å². The van der Waals surface area contributed by atoms with Gasteiger partial charge in [0, 0.05) is 18.6 Å². The van der Waals surface area contributed by atoms with Crippen LogP contribution in [0.2, 0.25) is 0 Å². The third-order valence-corrected chi connectivity index (χ3v) is 5.99. The van der Waals surface area contributed by atoms with Crippen LogP contribution in [0.5, 0.6) is 0 Å². The van der Waals surface area contributed by atoms with E-state index >= 15 is 0 Å². The Hall–Kier alpha value is -1.12. The van der Waals surface area contributed by atoms with Crippen LogP contribution in [0.25, 0.3) is 0 Å². The number of hydrogen-bond donors (Lipinski definition) is 1. The zero-order chi connectivity index (χ0) is 14.4.